The Kier molecular flexibility index (Phi) is 6.35. The lowest BCUT2D eigenvalue weighted by molar-refractivity contribution is -0.695. The number of esters is 1. The molecule has 1 aromatic heterocycles. The molecule has 0 amide bonds. The number of carbonyl (C=O) groups excluding carboxylic acids is 1. The average Bonchev–Trinajstić information content (AvgIpc) is 2.98. The summed E-state index contributed by atoms with van der Waals surface area (Å²) in [5.74, 6) is 1.66. The first-order valence-electron chi connectivity index (χ1n) is 9.69. The van der Waals surface area contributed by atoms with Crippen LogP contribution in [-0.2, 0) is 22.7 Å². The smallest absolute Gasteiger partial charge is 0.312 e. The monoisotopic (exact) mass is 417 g/mol. The van der Waals surface area contributed by atoms with Crippen molar-refractivity contribution in [1.82, 2.24) is 0 Å². The molecule has 0 saturated carbocycles. The van der Waals surface area contributed by atoms with Gasteiger partial charge in [0.05, 0.1) is 19.7 Å². The van der Waals surface area contributed by atoms with Crippen LogP contribution in [0.15, 0.2) is 88.0 Å². The maximum absolute atomic E-state index is 12.0. The van der Waals surface area contributed by atoms with Gasteiger partial charge in [-0.2, -0.15) is 4.88 Å². The molecule has 4 rings (SSSR count). The summed E-state index contributed by atoms with van der Waals surface area (Å²) in [6.45, 7) is 2.90. The topological polar surface area (TPSA) is 67.3 Å². The molecule has 0 bridgehead atoms. The van der Waals surface area contributed by atoms with Crippen molar-refractivity contribution in [3.63, 3.8) is 0 Å². The van der Waals surface area contributed by atoms with E-state index in [9.17, 15) is 4.79 Å². The summed E-state index contributed by atoms with van der Waals surface area (Å²) < 4.78 is 7.31. The van der Waals surface area contributed by atoms with E-state index in [1.165, 1.54) is 0 Å². The van der Waals surface area contributed by atoms with Crippen molar-refractivity contribution < 1.29 is 14.1 Å². The number of fused-ring (bicyclic) bond motifs is 1. The third-order valence-corrected chi connectivity index (χ3v) is 5.50. The maximum atomic E-state index is 12.0. The largest absolute Gasteiger partial charge is 0.461 e. The standard InChI is InChI=1S/C23H22N4O2P/c1-30-17-24-21-8-7-20(15-22(21)25-26-30)19-9-12-27(13-10-19)14-11-23(28)29-16-18-5-3-2-4-6-18/h2-10,12-13,15,17H,11,14,16H2,1H3/q+1. The Morgan fingerprint density at radius 3 is 2.60 bits per heavy atom. The van der Waals surface area contributed by atoms with E-state index in [-0.39, 0.29) is 5.97 Å². The first kappa shape index (κ1) is 20.0. The molecule has 6 nitrogen and oxygen atoms in total. The second-order valence-corrected chi connectivity index (χ2v) is 8.49. The number of hydrogen-bond donors (Lipinski definition) is 0. The Morgan fingerprint density at radius 1 is 1.00 bits per heavy atom. The van der Waals surface area contributed by atoms with Gasteiger partial charge in [-0.05, 0) is 35.5 Å². The first-order chi connectivity index (χ1) is 14.7. The van der Waals surface area contributed by atoms with Gasteiger partial charge in [-0.1, -0.05) is 36.4 Å². The van der Waals surface area contributed by atoms with Crippen LogP contribution in [0.4, 0.5) is 11.4 Å². The summed E-state index contributed by atoms with van der Waals surface area (Å²) in [5, 5.41) is 4.33. The molecule has 0 radical (unpaired) electrons. The van der Waals surface area contributed by atoms with Crippen molar-refractivity contribution in [3.8, 4) is 11.1 Å². The number of nitrogens with zero attached hydrogens (tertiary/aromatic N) is 4. The van der Waals surface area contributed by atoms with E-state index in [4.69, 9.17) is 4.74 Å². The van der Waals surface area contributed by atoms with E-state index in [0.29, 0.717) is 19.6 Å². The Morgan fingerprint density at radius 2 is 1.80 bits per heavy atom. The van der Waals surface area contributed by atoms with Crippen LogP contribution in [0.3, 0.4) is 0 Å². The fourth-order valence-corrected chi connectivity index (χ4v) is 3.58. The highest BCUT2D eigenvalue weighted by Gasteiger charge is 2.11. The highest BCUT2D eigenvalue weighted by atomic mass is 31.1. The predicted octanol–water partition coefficient (Wildman–Crippen LogP) is 5.56. The first-order valence-corrected chi connectivity index (χ1v) is 11.5. The molecule has 0 fully saturated rings. The molecule has 30 heavy (non-hydrogen) atoms. The van der Waals surface area contributed by atoms with Crippen molar-refractivity contribution in [2.45, 2.75) is 19.6 Å². The van der Waals surface area contributed by atoms with E-state index in [0.717, 1.165) is 28.1 Å². The summed E-state index contributed by atoms with van der Waals surface area (Å²) in [4.78, 5) is 20.7. The van der Waals surface area contributed by atoms with Gasteiger partial charge in [0, 0.05) is 12.1 Å². The van der Waals surface area contributed by atoms with Gasteiger partial charge in [-0.25, -0.2) is 4.57 Å². The van der Waals surface area contributed by atoms with Crippen molar-refractivity contribution in [2.75, 3.05) is 6.66 Å². The second-order valence-electron chi connectivity index (χ2n) is 6.93. The molecule has 0 saturated heterocycles. The van der Waals surface area contributed by atoms with Gasteiger partial charge in [-0.3, -0.25) is 9.79 Å². The maximum Gasteiger partial charge on any atom is 0.312 e. The van der Waals surface area contributed by atoms with Gasteiger partial charge < -0.3 is 4.74 Å². The van der Waals surface area contributed by atoms with Crippen LogP contribution in [0, 0.1) is 0 Å². The number of hydrogen-bond acceptors (Lipinski definition) is 5. The van der Waals surface area contributed by atoms with Gasteiger partial charge >= 0.3 is 5.97 Å². The lowest BCUT2D eigenvalue weighted by Crippen LogP contribution is -2.34. The quantitative estimate of drug-likeness (QED) is 0.299. The number of rotatable bonds is 6. The normalized spacial score (nSPS) is 14.8. The molecule has 1 atom stereocenters. The van der Waals surface area contributed by atoms with E-state index < -0.39 is 8.07 Å². The van der Waals surface area contributed by atoms with Crippen LogP contribution in [0.25, 0.3) is 11.1 Å². The van der Waals surface area contributed by atoms with E-state index >= 15 is 0 Å². The highest BCUT2D eigenvalue weighted by Crippen LogP contribution is 2.41. The average molecular weight is 417 g/mol. The van der Waals surface area contributed by atoms with Crippen LogP contribution < -0.4 is 4.57 Å². The zero-order valence-electron chi connectivity index (χ0n) is 16.7. The van der Waals surface area contributed by atoms with Gasteiger partial charge in [0.1, 0.15) is 18.7 Å². The zero-order valence-corrected chi connectivity index (χ0v) is 17.6. The number of aliphatic imine (C=N–C) groups is 1. The second kappa shape index (κ2) is 9.51. The number of pyridine rings is 1. The molecule has 1 aliphatic rings. The van der Waals surface area contributed by atoms with Gasteiger partial charge in [-0.15, -0.1) is 5.11 Å². The van der Waals surface area contributed by atoms with Crippen molar-refractivity contribution in [3.05, 3.63) is 78.6 Å². The minimum Gasteiger partial charge on any atom is -0.461 e. The SMILES string of the molecule is CP1C=Nc2ccc(-c3cc[n+](CCC(=O)OCc4ccccc4)cc3)cc2N=N1. The van der Waals surface area contributed by atoms with Gasteiger partial charge in [0.2, 0.25) is 0 Å². The summed E-state index contributed by atoms with van der Waals surface area (Å²) in [6.07, 6.45) is 4.26. The van der Waals surface area contributed by atoms with E-state index in [1.807, 2.05) is 90.2 Å². The van der Waals surface area contributed by atoms with Gasteiger partial charge in [0.25, 0.3) is 0 Å². The summed E-state index contributed by atoms with van der Waals surface area (Å²) >= 11 is 0. The molecule has 3 aromatic rings. The molecule has 2 heterocycles. The fraction of sp³-hybridized carbons (Fsp3) is 0.174. The third-order valence-electron chi connectivity index (χ3n) is 4.67. The molecule has 0 spiro atoms. The molecule has 7 heteroatoms. The van der Waals surface area contributed by atoms with E-state index in [2.05, 4.69) is 15.0 Å². The van der Waals surface area contributed by atoms with Crippen molar-refractivity contribution >= 4 is 31.4 Å². The van der Waals surface area contributed by atoms with Crippen molar-refractivity contribution in [1.29, 1.82) is 0 Å². The number of benzene rings is 2. The van der Waals surface area contributed by atoms with Crippen LogP contribution in [-0.4, -0.2) is 18.6 Å². The number of carbonyl (C=O) groups is 1. The highest BCUT2D eigenvalue weighted by molar-refractivity contribution is 7.70. The zero-order chi connectivity index (χ0) is 20.8. The Bertz CT molecular complexity index is 1080. The Balaban J connectivity index is 1.35. The van der Waals surface area contributed by atoms with E-state index in [1.54, 1.807) is 0 Å². The summed E-state index contributed by atoms with van der Waals surface area (Å²) in [5.41, 5.74) is 4.75. The molecule has 0 N–H and O–H groups in total. The number of aryl methyl sites for hydroxylation is 1. The molecule has 2 aromatic carbocycles. The predicted molar refractivity (Wildman–Crippen MR) is 118 cm³/mol. The lowest BCUT2D eigenvalue weighted by Gasteiger charge is -2.05. The van der Waals surface area contributed by atoms with Crippen LogP contribution >= 0.6 is 8.07 Å². The van der Waals surface area contributed by atoms with Crippen LogP contribution in [0.5, 0.6) is 0 Å². The number of aromatic nitrogens is 1. The molecule has 150 valence electrons. The lowest BCUT2D eigenvalue weighted by atomic mass is 10.1. The molecule has 0 aliphatic carbocycles. The third kappa shape index (κ3) is 5.22. The van der Waals surface area contributed by atoms with Gasteiger partial charge in [0.15, 0.2) is 18.9 Å². The van der Waals surface area contributed by atoms with Crippen LogP contribution in [0.1, 0.15) is 12.0 Å². The fourth-order valence-electron chi connectivity index (χ4n) is 3.01. The Labute approximate surface area is 176 Å². The molecule has 1 unspecified atom stereocenters. The number of ether oxygens (including phenoxy) is 1. The molecule has 1 aliphatic heterocycles. The summed E-state index contributed by atoms with van der Waals surface area (Å²) in [7, 11) is -0.633. The molecular formula is C23H22N4O2P+. The minimum absolute atomic E-state index is 0.206. The summed E-state index contributed by atoms with van der Waals surface area (Å²) in [6, 6.07) is 19.8. The minimum atomic E-state index is -0.633. The Hall–Kier alpha value is -3.24. The molecular weight excluding hydrogens is 395 g/mol. The van der Waals surface area contributed by atoms with Crippen molar-refractivity contribution in [2.24, 2.45) is 15.0 Å². The van der Waals surface area contributed by atoms with Crippen LogP contribution in [0.2, 0.25) is 0 Å².